The zero-order valence-corrected chi connectivity index (χ0v) is 16.7. The molecule has 0 aromatic heterocycles. The molecule has 1 aliphatic heterocycles. The lowest BCUT2D eigenvalue weighted by Gasteiger charge is -2.33. The van der Waals surface area contributed by atoms with Gasteiger partial charge in [0.1, 0.15) is 0 Å². The summed E-state index contributed by atoms with van der Waals surface area (Å²) in [5.74, 6) is -0.0707. The van der Waals surface area contributed by atoms with E-state index in [4.69, 9.17) is 5.73 Å². The summed E-state index contributed by atoms with van der Waals surface area (Å²) < 4.78 is 38.8. The number of amides is 1. The van der Waals surface area contributed by atoms with Gasteiger partial charge in [0.05, 0.1) is 23.4 Å². The van der Waals surface area contributed by atoms with Crippen LogP contribution in [0.2, 0.25) is 0 Å². The van der Waals surface area contributed by atoms with E-state index in [2.05, 4.69) is 21.2 Å². The van der Waals surface area contributed by atoms with Crippen LogP contribution in [0.1, 0.15) is 24.0 Å². The minimum absolute atomic E-state index is 0.0707. The van der Waals surface area contributed by atoms with Crippen molar-refractivity contribution in [2.24, 2.45) is 0 Å². The highest BCUT2D eigenvalue weighted by molar-refractivity contribution is 9.10. The Labute approximate surface area is 170 Å². The van der Waals surface area contributed by atoms with E-state index in [1.807, 2.05) is 18.2 Å². The van der Waals surface area contributed by atoms with E-state index in [0.717, 1.165) is 35.1 Å². The molecule has 2 aromatic rings. The van der Waals surface area contributed by atoms with E-state index >= 15 is 0 Å². The molecule has 4 nitrogen and oxygen atoms in total. The van der Waals surface area contributed by atoms with E-state index in [-0.39, 0.29) is 18.4 Å². The maximum absolute atomic E-state index is 12.6. The van der Waals surface area contributed by atoms with Crippen LogP contribution in [0.15, 0.2) is 46.9 Å². The maximum Gasteiger partial charge on any atom is 0.416 e. The summed E-state index contributed by atoms with van der Waals surface area (Å²) in [6.07, 6.45) is -2.71. The highest BCUT2D eigenvalue weighted by Gasteiger charge is 2.30. The summed E-state index contributed by atoms with van der Waals surface area (Å²) in [6, 6.07) is 10.6. The van der Waals surface area contributed by atoms with Gasteiger partial charge in [0.2, 0.25) is 5.91 Å². The second kappa shape index (κ2) is 8.43. The number of likely N-dealkylation sites (tertiary alicyclic amines) is 1. The number of nitrogens with two attached hydrogens (primary N) is 1. The summed E-state index contributed by atoms with van der Waals surface area (Å²) in [5, 5.41) is 3.43. The monoisotopic (exact) mass is 455 g/mol. The zero-order chi connectivity index (χ0) is 20.3. The Morgan fingerprint density at radius 2 is 1.79 bits per heavy atom. The summed E-state index contributed by atoms with van der Waals surface area (Å²) in [7, 11) is 0. The number of nitrogen functional groups attached to an aromatic ring is 1. The third-order valence-corrected chi connectivity index (χ3v) is 5.54. The first-order valence-corrected chi connectivity index (χ1v) is 9.78. The number of para-hydroxylation sites is 1. The van der Waals surface area contributed by atoms with Crippen molar-refractivity contribution in [3.05, 3.63) is 58.1 Å². The number of nitrogens with one attached hydrogen (secondary N) is 1. The minimum Gasteiger partial charge on any atom is -0.397 e. The van der Waals surface area contributed by atoms with Gasteiger partial charge in [-0.1, -0.05) is 18.2 Å². The molecule has 0 unspecified atom stereocenters. The molecule has 1 heterocycles. The maximum atomic E-state index is 12.6. The van der Waals surface area contributed by atoms with Gasteiger partial charge in [-0.25, -0.2) is 0 Å². The highest BCUT2D eigenvalue weighted by Crippen LogP contribution is 2.31. The molecule has 150 valence electrons. The lowest BCUT2D eigenvalue weighted by molar-refractivity contribution is -0.137. The summed E-state index contributed by atoms with van der Waals surface area (Å²) in [5.41, 5.74) is 7.41. The first kappa shape index (κ1) is 20.5. The van der Waals surface area contributed by atoms with Gasteiger partial charge in [-0.2, -0.15) is 13.2 Å². The predicted octanol–water partition coefficient (Wildman–Crippen LogP) is 4.70. The molecule has 0 aliphatic carbocycles. The van der Waals surface area contributed by atoms with E-state index in [1.165, 1.54) is 12.1 Å². The number of rotatable bonds is 4. The second-order valence-electron chi connectivity index (χ2n) is 6.87. The highest BCUT2D eigenvalue weighted by atomic mass is 79.9. The molecule has 0 radical (unpaired) electrons. The predicted molar refractivity (Wildman–Crippen MR) is 107 cm³/mol. The third-order valence-electron chi connectivity index (χ3n) is 4.88. The van der Waals surface area contributed by atoms with Crippen LogP contribution >= 0.6 is 15.9 Å². The number of benzene rings is 2. The molecule has 1 amide bonds. The molecule has 1 fully saturated rings. The van der Waals surface area contributed by atoms with Crippen molar-refractivity contribution in [3.63, 3.8) is 0 Å². The van der Waals surface area contributed by atoms with Crippen LogP contribution in [0.25, 0.3) is 0 Å². The number of alkyl halides is 3. The van der Waals surface area contributed by atoms with Gasteiger partial charge in [-0.05, 0) is 58.6 Å². The van der Waals surface area contributed by atoms with Gasteiger partial charge < -0.3 is 16.0 Å². The van der Waals surface area contributed by atoms with E-state index in [1.54, 1.807) is 4.90 Å². The average Bonchev–Trinajstić information content (AvgIpc) is 2.65. The normalized spacial score (nSPS) is 15.5. The van der Waals surface area contributed by atoms with Crippen LogP contribution in [0.3, 0.4) is 0 Å². The Kier molecular flexibility index (Phi) is 6.17. The van der Waals surface area contributed by atoms with Gasteiger partial charge in [0.15, 0.2) is 0 Å². The summed E-state index contributed by atoms with van der Waals surface area (Å²) >= 11 is 3.49. The first-order chi connectivity index (χ1) is 13.2. The standard InChI is InChI=1S/C20H21BrF3N3O/c21-16-2-1-3-17(25)19(16)26-15-8-10-27(11-9-15)18(28)12-13-4-6-14(7-5-13)20(22,23)24/h1-7,15,26H,8-12,25H2. The molecule has 0 bridgehead atoms. The SMILES string of the molecule is Nc1cccc(Br)c1NC1CCN(C(=O)Cc2ccc(C(F)(F)F)cc2)CC1. The molecule has 8 heteroatoms. The molecular formula is C20H21BrF3N3O. The number of piperidine rings is 1. The molecule has 3 rings (SSSR count). The van der Waals surface area contributed by atoms with Crippen LogP contribution in [0.5, 0.6) is 0 Å². The van der Waals surface area contributed by atoms with Gasteiger partial charge in [0, 0.05) is 23.6 Å². The Balaban J connectivity index is 1.52. The number of halogens is 4. The van der Waals surface area contributed by atoms with Crippen molar-refractivity contribution in [1.82, 2.24) is 4.90 Å². The lowest BCUT2D eigenvalue weighted by atomic mass is 10.0. The van der Waals surface area contributed by atoms with Gasteiger partial charge in [0.25, 0.3) is 0 Å². The first-order valence-electron chi connectivity index (χ1n) is 8.98. The number of anilines is 2. The quantitative estimate of drug-likeness (QED) is 0.657. The van der Waals surface area contributed by atoms with Crippen LogP contribution in [-0.4, -0.2) is 29.9 Å². The fourth-order valence-electron chi connectivity index (χ4n) is 3.27. The van der Waals surface area contributed by atoms with Crippen molar-refractivity contribution in [3.8, 4) is 0 Å². The van der Waals surface area contributed by atoms with Crippen molar-refractivity contribution < 1.29 is 18.0 Å². The Bertz CT molecular complexity index is 811. The zero-order valence-electron chi connectivity index (χ0n) is 15.1. The smallest absolute Gasteiger partial charge is 0.397 e. The molecule has 28 heavy (non-hydrogen) atoms. The van der Waals surface area contributed by atoms with Crippen LogP contribution in [-0.2, 0) is 17.4 Å². The molecule has 3 N–H and O–H groups in total. The van der Waals surface area contributed by atoms with Crippen LogP contribution in [0.4, 0.5) is 24.5 Å². The molecule has 1 saturated heterocycles. The van der Waals surface area contributed by atoms with Crippen molar-refractivity contribution in [1.29, 1.82) is 0 Å². The fraction of sp³-hybridized carbons (Fsp3) is 0.350. The number of hydrogen-bond donors (Lipinski definition) is 2. The number of nitrogens with zero attached hydrogens (tertiary/aromatic N) is 1. The van der Waals surface area contributed by atoms with Gasteiger partial charge >= 0.3 is 6.18 Å². The number of carbonyl (C=O) groups excluding carboxylic acids is 1. The molecule has 0 spiro atoms. The molecule has 0 saturated carbocycles. The van der Waals surface area contributed by atoms with E-state index in [9.17, 15) is 18.0 Å². The minimum atomic E-state index is -4.37. The lowest BCUT2D eigenvalue weighted by Crippen LogP contribution is -2.43. The number of hydrogen-bond acceptors (Lipinski definition) is 3. The average molecular weight is 456 g/mol. The summed E-state index contributed by atoms with van der Waals surface area (Å²) in [4.78, 5) is 14.2. The fourth-order valence-corrected chi connectivity index (χ4v) is 3.76. The van der Waals surface area contributed by atoms with E-state index < -0.39 is 11.7 Å². The Morgan fingerprint density at radius 1 is 1.14 bits per heavy atom. The molecule has 0 atom stereocenters. The second-order valence-corrected chi connectivity index (χ2v) is 7.73. The third kappa shape index (κ3) is 4.98. The molecular weight excluding hydrogens is 435 g/mol. The Hall–Kier alpha value is -2.22. The topological polar surface area (TPSA) is 58.4 Å². The van der Waals surface area contributed by atoms with E-state index in [0.29, 0.717) is 24.3 Å². The van der Waals surface area contributed by atoms with Crippen LogP contribution in [0, 0.1) is 0 Å². The summed E-state index contributed by atoms with van der Waals surface area (Å²) in [6.45, 7) is 1.20. The van der Waals surface area contributed by atoms with Crippen molar-refractivity contribution in [2.45, 2.75) is 31.5 Å². The molecule has 1 aliphatic rings. The van der Waals surface area contributed by atoms with Crippen molar-refractivity contribution >= 4 is 33.2 Å². The number of carbonyl (C=O) groups is 1. The van der Waals surface area contributed by atoms with Gasteiger partial charge in [-0.15, -0.1) is 0 Å². The molecule has 2 aromatic carbocycles. The van der Waals surface area contributed by atoms with Gasteiger partial charge in [-0.3, -0.25) is 4.79 Å². The van der Waals surface area contributed by atoms with Crippen LogP contribution < -0.4 is 11.1 Å². The Morgan fingerprint density at radius 3 is 2.36 bits per heavy atom. The van der Waals surface area contributed by atoms with Crippen molar-refractivity contribution in [2.75, 3.05) is 24.1 Å². The largest absolute Gasteiger partial charge is 0.416 e.